The monoisotopic (exact) mass is 290 g/mol. The van der Waals surface area contributed by atoms with Crippen LogP contribution in [-0.2, 0) is 6.54 Å². The molecular weight excluding hydrogens is 268 g/mol. The minimum absolute atomic E-state index is 0. The van der Waals surface area contributed by atoms with E-state index in [4.69, 9.17) is 0 Å². The van der Waals surface area contributed by atoms with E-state index >= 15 is 0 Å². The summed E-state index contributed by atoms with van der Waals surface area (Å²) in [6.45, 7) is 7.53. The molecule has 0 saturated heterocycles. The molecule has 2 rings (SSSR count). The van der Waals surface area contributed by atoms with E-state index in [-0.39, 0.29) is 12.4 Å². The summed E-state index contributed by atoms with van der Waals surface area (Å²) >= 11 is 0. The van der Waals surface area contributed by atoms with Crippen molar-refractivity contribution >= 4 is 5.69 Å². The Morgan fingerprint density at radius 3 is 2.20 bits per heavy atom. The molecular formula is C17H23ClN2. The van der Waals surface area contributed by atoms with Gasteiger partial charge in [0.05, 0.1) is 6.54 Å². The topological polar surface area (TPSA) is 7.12 Å². The van der Waals surface area contributed by atoms with Gasteiger partial charge in [-0.2, -0.15) is 0 Å². The van der Waals surface area contributed by atoms with Crippen molar-refractivity contribution in [3.05, 3.63) is 60.4 Å². The lowest BCUT2D eigenvalue weighted by Gasteiger charge is -2.22. The molecule has 0 atom stereocenters. The van der Waals surface area contributed by atoms with Crippen molar-refractivity contribution in [1.29, 1.82) is 0 Å². The van der Waals surface area contributed by atoms with Gasteiger partial charge in [-0.25, -0.2) is 4.57 Å². The van der Waals surface area contributed by atoms with E-state index in [1.165, 1.54) is 17.7 Å². The van der Waals surface area contributed by atoms with Crippen molar-refractivity contribution < 1.29 is 17.0 Å². The number of hydrogen-bond acceptors (Lipinski definition) is 1. The van der Waals surface area contributed by atoms with Gasteiger partial charge in [0.25, 0.3) is 0 Å². The van der Waals surface area contributed by atoms with Crippen LogP contribution >= 0.6 is 0 Å². The van der Waals surface area contributed by atoms with E-state index in [0.717, 1.165) is 19.6 Å². The van der Waals surface area contributed by atoms with Crippen molar-refractivity contribution in [2.45, 2.75) is 26.8 Å². The van der Waals surface area contributed by atoms with Crippen LogP contribution in [0.15, 0.2) is 54.9 Å². The second-order valence-corrected chi connectivity index (χ2v) is 4.94. The van der Waals surface area contributed by atoms with Gasteiger partial charge in [0.15, 0.2) is 18.9 Å². The van der Waals surface area contributed by atoms with Gasteiger partial charge in [-0.15, -0.1) is 0 Å². The Morgan fingerprint density at radius 1 is 0.950 bits per heavy atom. The summed E-state index contributed by atoms with van der Waals surface area (Å²) in [6.07, 6.45) is 5.49. The molecule has 0 aliphatic heterocycles. The van der Waals surface area contributed by atoms with Crippen LogP contribution in [0.4, 0.5) is 5.69 Å². The Labute approximate surface area is 128 Å². The van der Waals surface area contributed by atoms with Crippen LogP contribution in [0.5, 0.6) is 0 Å². The molecule has 1 aromatic carbocycles. The number of para-hydroxylation sites is 1. The van der Waals surface area contributed by atoms with Gasteiger partial charge in [0.1, 0.15) is 0 Å². The molecule has 0 amide bonds. The molecule has 0 spiro atoms. The third-order valence-electron chi connectivity index (χ3n) is 3.30. The Balaban J connectivity index is 0.00000200. The first kappa shape index (κ1) is 16.5. The summed E-state index contributed by atoms with van der Waals surface area (Å²) in [5.74, 6) is 0. The van der Waals surface area contributed by atoms with Gasteiger partial charge in [-0.3, -0.25) is 0 Å². The highest BCUT2D eigenvalue weighted by atomic mass is 35.5. The van der Waals surface area contributed by atoms with Crippen LogP contribution in [0.25, 0.3) is 0 Å². The van der Waals surface area contributed by atoms with Crippen LogP contribution in [0, 0.1) is 6.92 Å². The predicted octanol–water partition coefficient (Wildman–Crippen LogP) is 0.203. The Kier molecular flexibility index (Phi) is 7.10. The third-order valence-corrected chi connectivity index (χ3v) is 3.30. The number of pyridine rings is 1. The smallest absolute Gasteiger partial charge is 0.169 e. The lowest BCUT2D eigenvalue weighted by atomic mass is 10.2. The maximum Gasteiger partial charge on any atom is 0.169 e. The van der Waals surface area contributed by atoms with Crippen LogP contribution in [-0.4, -0.2) is 13.1 Å². The second-order valence-electron chi connectivity index (χ2n) is 4.94. The number of anilines is 1. The van der Waals surface area contributed by atoms with Gasteiger partial charge in [-0.05, 0) is 31.0 Å². The molecule has 1 aromatic heterocycles. The highest BCUT2D eigenvalue weighted by Gasteiger charge is 2.07. The fraction of sp³-hybridized carbons (Fsp3) is 0.353. The van der Waals surface area contributed by atoms with Gasteiger partial charge >= 0.3 is 0 Å². The van der Waals surface area contributed by atoms with Crippen LogP contribution in [0.1, 0.15) is 18.9 Å². The first-order valence-electron chi connectivity index (χ1n) is 7.05. The van der Waals surface area contributed by atoms with E-state index in [1.54, 1.807) is 0 Å². The van der Waals surface area contributed by atoms with Crippen LogP contribution in [0.2, 0.25) is 0 Å². The number of halogens is 1. The molecule has 0 radical (unpaired) electrons. The molecule has 0 aliphatic carbocycles. The van der Waals surface area contributed by atoms with E-state index in [0.29, 0.717) is 0 Å². The van der Waals surface area contributed by atoms with E-state index in [2.05, 4.69) is 78.2 Å². The van der Waals surface area contributed by atoms with Crippen molar-refractivity contribution in [2.24, 2.45) is 0 Å². The highest BCUT2D eigenvalue weighted by molar-refractivity contribution is 5.45. The van der Waals surface area contributed by atoms with Crippen molar-refractivity contribution in [3.8, 4) is 0 Å². The third kappa shape index (κ3) is 4.86. The summed E-state index contributed by atoms with van der Waals surface area (Å²) in [5, 5.41) is 0. The molecule has 0 bridgehead atoms. The Bertz CT molecular complexity index is 482. The zero-order chi connectivity index (χ0) is 13.5. The number of aromatic nitrogens is 1. The molecule has 2 nitrogen and oxygen atoms in total. The Hall–Kier alpha value is -1.54. The SMILES string of the molecule is CCCN(CC[n+]1ccc(C)cc1)c1ccccc1.[Cl-]. The number of aryl methyl sites for hydroxylation is 1. The Morgan fingerprint density at radius 2 is 1.60 bits per heavy atom. The van der Waals surface area contributed by atoms with E-state index < -0.39 is 0 Å². The molecule has 0 unspecified atom stereocenters. The first-order valence-corrected chi connectivity index (χ1v) is 7.05. The predicted molar refractivity (Wildman–Crippen MR) is 80.3 cm³/mol. The lowest BCUT2D eigenvalue weighted by Crippen LogP contribution is -3.00. The summed E-state index contributed by atoms with van der Waals surface area (Å²) in [4.78, 5) is 2.45. The largest absolute Gasteiger partial charge is 1.00 e. The number of nitrogens with zero attached hydrogens (tertiary/aromatic N) is 2. The molecule has 108 valence electrons. The molecule has 20 heavy (non-hydrogen) atoms. The van der Waals surface area contributed by atoms with Crippen molar-refractivity contribution in [3.63, 3.8) is 0 Å². The van der Waals surface area contributed by atoms with E-state index in [9.17, 15) is 0 Å². The molecule has 0 saturated carbocycles. The second kappa shape index (κ2) is 8.60. The quantitative estimate of drug-likeness (QED) is 0.690. The zero-order valence-electron chi connectivity index (χ0n) is 12.3. The molecule has 0 N–H and O–H groups in total. The molecule has 1 heterocycles. The normalized spacial score (nSPS) is 9.90. The summed E-state index contributed by atoms with van der Waals surface area (Å²) in [5.41, 5.74) is 2.63. The van der Waals surface area contributed by atoms with E-state index in [1.807, 2.05) is 0 Å². The fourth-order valence-electron chi connectivity index (χ4n) is 2.20. The summed E-state index contributed by atoms with van der Waals surface area (Å²) in [6, 6.07) is 15.0. The summed E-state index contributed by atoms with van der Waals surface area (Å²) < 4.78 is 2.25. The standard InChI is InChI=1S/C17H23N2.ClH/c1-3-11-19(17-7-5-4-6-8-17)15-14-18-12-9-16(2)10-13-18;/h4-10,12-13H,3,11,14-15H2,1-2H3;1H/q+1;/p-1. The number of rotatable bonds is 6. The minimum Gasteiger partial charge on any atom is -1.00 e. The van der Waals surface area contributed by atoms with Crippen molar-refractivity contribution in [2.75, 3.05) is 18.0 Å². The fourth-order valence-corrected chi connectivity index (χ4v) is 2.20. The maximum absolute atomic E-state index is 2.45. The lowest BCUT2D eigenvalue weighted by molar-refractivity contribution is -0.694. The maximum atomic E-state index is 2.45. The first-order chi connectivity index (χ1) is 9.29. The van der Waals surface area contributed by atoms with Gasteiger partial charge in [0, 0.05) is 24.4 Å². The van der Waals surface area contributed by atoms with Gasteiger partial charge in [-0.1, -0.05) is 25.1 Å². The van der Waals surface area contributed by atoms with Crippen LogP contribution in [0.3, 0.4) is 0 Å². The average Bonchev–Trinajstić information content (AvgIpc) is 2.46. The molecule has 0 fully saturated rings. The molecule has 0 aliphatic rings. The zero-order valence-corrected chi connectivity index (χ0v) is 13.1. The van der Waals surface area contributed by atoms with Crippen molar-refractivity contribution in [1.82, 2.24) is 0 Å². The highest BCUT2D eigenvalue weighted by Crippen LogP contribution is 2.12. The van der Waals surface area contributed by atoms with Gasteiger partial charge < -0.3 is 17.3 Å². The van der Waals surface area contributed by atoms with Gasteiger partial charge in [0.2, 0.25) is 0 Å². The number of hydrogen-bond donors (Lipinski definition) is 0. The summed E-state index contributed by atoms with van der Waals surface area (Å²) in [7, 11) is 0. The molecule has 3 heteroatoms. The minimum atomic E-state index is 0. The number of benzene rings is 1. The van der Waals surface area contributed by atoms with Crippen LogP contribution < -0.4 is 21.9 Å². The average molecular weight is 291 g/mol. The molecule has 2 aromatic rings.